The van der Waals surface area contributed by atoms with Crippen molar-refractivity contribution in [3.05, 3.63) is 18.6 Å². The Morgan fingerprint density at radius 2 is 2.21 bits per heavy atom. The fourth-order valence-electron chi connectivity index (χ4n) is 3.09. The van der Waals surface area contributed by atoms with Gasteiger partial charge in [0.1, 0.15) is 12.1 Å². The smallest absolute Gasteiger partial charge is 0.228 e. The number of carbonyl (C=O) groups is 1. The zero-order valence-electron chi connectivity index (χ0n) is 12.0. The molecule has 1 amide bonds. The second-order valence-corrected chi connectivity index (χ2v) is 6.02. The molecular formula is C15H23N3O. The molecule has 1 saturated carbocycles. The number of carbonyl (C=O) groups excluding carboxylic acids is 1. The number of anilines is 1. The first-order valence-electron chi connectivity index (χ1n) is 7.14. The Labute approximate surface area is 115 Å². The highest BCUT2D eigenvalue weighted by molar-refractivity contribution is 5.91. The van der Waals surface area contributed by atoms with Crippen molar-refractivity contribution in [1.29, 1.82) is 0 Å². The van der Waals surface area contributed by atoms with Crippen LogP contribution in [-0.2, 0) is 4.79 Å². The van der Waals surface area contributed by atoms with Gasteiger partial charge in [-0.25, -0.2) is 9.97 Å². The highest BCUT2D eigenvalue weighted by atomic mass is 16.2. The molecule has 2 rings (SSSR count). The van der Waals surface area contributed by atoms with E-state index in [2.05, 4.69) is 36.1 Å². The van der Waals surface area contributed by atoms with E-state index in [0.717, 1.165) is 12.8 Å². The predicted molar refractivity (Wildman–Crippen MR) is 75.5 cm³/mol. The van der Waals surface area contributed by atoms with Gasteiger partial charge in [0.15, 0.2) is 0 Å². The van der Waals surface area contributed by atoms with Crippen LogP contribution >= 0.6 is 0 Å². The van der Waals surface area contributed by atoms with Crippen molar-refractivity contribution in [2.75, 3.05) is 5.32 Å². The fraction of sp³-hybridized carbons (Fsp3) is 0.667. The van der Waals surface area contributed by atoms with Crippen molar-refractivity contribution in [3.8, 4) is 0 Å². The van der Waals surface area contributed by atoms with Gasteiger partial charge in [0.25, 0.3) is 0 Å². The van der Waals surface area contributed by atoms with Crippen LogP contribution in [0.1, 0.15) is 40.0 Å². The maximum atomic E-state index is 12.5. The summed E-state index contributed by atoms with van der Waals surface area (Å²) in [6.07, 6.45) is 6.48. The van der Waals surface area contributed by atoms with Crippen LogP contribution in [0.3, 0.4) is 0 Å². The van der Waals surface area contributed by atoms with Crippen LogP contribution in [0.15, 0.2) is 18.6 Å². The van der Waals surface area contributed by atoms with Crippen LogP contribution in [0.4, 0.5) is 5.82 Å². The molecule has 0 spiro atoms. The molecule has 0 aliphatic heterocycles. The van der Waals surface area contributed by atoms with Crippen LogP contribution in [-0.4, -0.2) is 15.9 Å². The Bertz CT molecular complexity index is 419. The van der Waals surface area contributed by atoms with Crippen molar-refractivity contribution in [2.45, 2.75) is 40.0 Å². The van der Waals surface area contributed by atoms with Crippen LogP contribution < -0.4 is 5.32 Å². The van der Waals surface area contributed by atoms with Gasteiger partial charge in [-0.05, 0) is 36.7 Å². The van der Waals surface area contributed by atoms with E-state index in [1.54, 1.807) is 12.3 Å². The summed E-state index contributed by atoms with van der Waals surface area (Å²) in [5.41, 5.74) is 0. The van der Waals surface area contributed by atoms with Crippen LogP contribution in [0, 0.1) is 23.7 Å². The van der Waals surface area contributed by atoms with E-state index in [1.807, 2.05) is 0 Å². The van der Waals surface area contributed by atoms with E-state index in [0.29, 0.717) is 23.6 Å². The van der Waals surface area contributed by atoms with Gasteiger partial charge in [0.05, 0.1) is 0 Å². The zero-order valence-corrected chi connectivity index (χ0v) is 12.0. The second-order valence-electron chi connectivity index (χ2n) is 6.02. The summed E-state index contributed by atoms with van der Waals surface area (Å²) >= 11 is 0. The number of nitrogens with one attached hydrogen (secondary N) is 1. The number of hydrogen-bond donors (Lipinski definition) is 1. The molecule has 19 heavy (non-hydrogen) atoms. The van der Waals surface area contributed by atoms with Gasteiger partial charge in [-0.3, -0.25) is 4.79 Å². The summed E-state index contributed by atoms with van der Waals surface area (Å²) in [6.45, 7) is 6.67. The molecule has 0 aromatic carbocycles. The predicted octanol–water partition coefficient (Wildman–Crippen LogP) is 3.12. The largest absolute Gasteiger partial charge is 0.310 e. The van der Waals surface area contributed by atoms with E-state index in [1.165, 1.54) is 12.7 Å². The van der Waals surface area contributed by atoms with E-state index in [-0.39, 0.29) is 11.8 Å². The lowest BCUT2D eigenvalue weighted by Gasteiger charge is -2.36. The molecule has 0 radical (unpaired) electrons. The number of amides is 1. The molecule has 0 bridgehead atoms. The Balaban J connectivity index is 2.06. The second kappa shape index (κ2) is 6.13. The summed E-state index contributed by atoms with van der Waals surface area (Å²) in [7, 11) is 0. The van der Waals surface area contributed by atoms with Crippen LogP contribution in [0.5, 0.6) is 0 Å². The van der Waals surface area contributed by atoms with Crippen molar-refractivity contribution in [1.82, 2.24) is 9.97 Å². The zero-order chi connectivity index (χ0) is 13.8. The number of nitrogens with zero attached hydrogens (tertiary/aromatic N) is 2. The number of hydrogen-bond acceptors (Lipinski definition) is 3. The van der Waals surface area contributed by atoms with Crippen molar-refractivity contribution < 1.29 is 4.79 Å². The topological polar surface area (TPSA) is 54.9 Å². The van der Waals surface area contributed by atoms with E-state index in [4.69, 9.17) is 0 Å². The first-order valence-corrected chi connectivity index (χ1v) is 7.14. The summed E-state index contributed by atoms with van der Waals surface area (Å²) in [6, 6.07) is 1.73. The molecule has 4 heteroatoms. The lowest BCUT2D eigenvalue weighted by molar-refractivity contribution is -0.124. The summed E-state index contributed by atoms with van der Waals surface area (Å²) in [5, 5.41) is 2.93. The molecule has 1 aromatic heterocycles. The molecule has 0 unspecified atom stereocenters. The summed E-state index contributed by atoms with van der Waals surface area (Å²) in [5.74, 6) is 2.49. The molecule has 4 nitrogen and oxygen atoms in total. The van der Waals surface area contributed by atoms with Crippen LogP contribution in [0.2, 0.25) is 0 Å². The lowest BCUT2D eigenvalue weighted by Crippen LogP contribution is -2.36. The average molecular weight is 261 g/mol. The maximum absolute atomic E-state index is 12.5. The van der Waals surface area contributed by atoms with Crippen LogP contribution in [0.25, 0.3) is 0 Å². The molecular weight excluding hydrogens is 238 g/mol. The first kappa shape index (κ1) is 14.0. The lowest BCUT2D eigenvalue weighted by atomic mass is 9.70. The number of rotatable bonds is 3. The monoisotopic (exact) mass is 261 g/mol. The Morgan fingerprint density at radius 1 is 1.42 bits per heavy atom. The molecule has 1 fully saturated rings. The average Bonchev–Trinajstić information content (AvgIpc) is 2.39. The Kier molecular flexibility index (Phi) is 4.51. The molecule has 1 aromatic rings. The van der Waals surface area contributed by atoms with E-state index >= 15 is 0 Å². The molecule has 1 heterocycles. The Hall–Kier alpha value is -1.45. The third-order valence-corrected chi connectivity index (χ3v) is 4.19. The van der Waals surface area contributed by atoms with E-state index in [9.17, 15) is 4.79 Å². The minimum Gasteiger partial charge on any atom is -0.310 e. The van der Waals surface area contributed by atoms with Crippen molar-refractivity contribution in [2.24, 2.45) is 23.7 Å². The quantitative estimate of drug-likeness (QED) is 0.909. The van der Waals surface area contributed by atoms with Gasteiger partial charge in [0.2, 0.25) is 5.91 Å². The highest BCUT2D eigenvalue weighted by Gasteiger charge is 2.35. The van der Waals surface area contributed by atoms with Gasteiger partial charge in [-0.2, -0.15) is 0 Å². The fourth-order valence-corrected chi connectivity index (χ4v) is 3.09. The molecule has 1 aliphatic carbocycles. The number of aromatic nitrogens is 2. The molecule has 0 saturated heterocycles. The van der Waals surface area contributed by atoms with Gasteiger partial charge >= 0.3 is 0 Å². The minimum atomic E-state index is 0.110. The normalized spacial score (nSPS) is 27.3. The summed E-state index contributed by atoms with van der Waals surface area (Å²) < 4.78 is 0. The third kappa shape index (κ3) is 3.52. The SMILES string of the molecule is CC(C)[C@@H]1CC[C@@H](C)C[C@H]1C(=O)Nc1ccncn1. The molecule has 1 N–H and O–H groups in total. The minimum absolute atomic E-state index is 0.110. The van der Waals surface area contributed by atoms with Gasteiger partial charge in [-0.15, -0.1) is 0 Å². The molecule has 1 aliphatic rings. The van der Waals surface area contributed by atoms with Gasteiger partial charge in [-0.1, -0.05) is 27.2 Å². The Morgan fingerprint density at radius 3 is 2.84 bits per heavy atom. The summed E-state index contributed by atoms with van der Waals surface area (Å²) in [4.78, 5) is 20.4. The highest BCUT2D eigenvalue weighted by Crippen LogP contribution is 2.38. The first-order chi connectivity index (χ1) is 9.08. The van der Waals surface area contributed by atoms with Gasteiger partial charge < -0.3 is 5.32 Å². The van der Waals surface area contributed by atoms with E-state index < -0.39 is 0 Å². The van der Waals surface area contributed by atoms with Crippen molar-refractivity contribution >= 4 is 11.7 Å². The van der Waals surface area contributed by atoms with Crippen molar-refractivity contribution in [3.63, 3.8) is 0 Å². The maximum Gasteiger partial charge on any atom is 0.228 e. The molecule has 3 atom stereocenters. The molecule has 104 valence electrons. The standard InChI is InChI=1S/C15H23N3O/c1-10(2)12-5-4-11(3)8-13(12)15(19)18-14-6-7-16-9-17-14/h6-7,9-13H,4-5,8H2,1-3H3,(H,16,17,18,19)/t11-,12+,13-/m1/s1. The van der Waals surface area contributed by atoms with Gasteiger partial charge in [0, 0.05) is 12.1 Å². The third-order valence-electron chi connectivity index (χ3n) is 4.19.